The van der Waals surface area contributed by atoms with Crippen LogP contribution in [0.1, 0.15) is 25.7 Å². The Labute approximate surface area is 96.5 Å². The summed E-state index contributed by atoms with van der Waals surface area (Å²) in [5, 5.41) is 8.41. The van der Waals surface area contributed by atoms with E-state index in [2.05, 4.69) is 15.7 Å². The predicted molar refractivity (Wildman–Crippen MR) is 60.2 cm³/mol. The van der Waals surface area contributed by atoms with E-state index in [-0.39, 0.29) is 11.3 Å². The van der Waals surface area contributed by atoms with Crippen LogP contribution in [0, 0.1) is 11.3 Å². The molecule has 1 aliphatic carbocycles. The van der Waals surface area contributed by atoms with Gasteiger partial charge in [-0.2, -0.15) is 5.26 Å². The number of hydrogen-bond donors (Lipinski definition) is 1. The van der Waals surface area contributed by atoms with Crippen LogP contribution in [-0.4, -0.2) is 44.2 Å². The molecule has 16 heavy (non-hydrogen) atoms. The number of piperidine rings is 1. The molecule has 2 rings (SSSR count). The fraction of sp³-hybridized carbons (Fsp3) is 0.900. The summed E-state index contributed by atoms with van der Waals surface area (Å²) in [6.07, 6.45) is 3.24. The molecule has 0 unspecified atom stereocenters. The van der Waals surface area contributed by atoms with Crippen LogP contribution < -0.4 is 4.72 Å². The van der Waals surface area contributed by atoms with Crippen LogP contribution in [0.3, 0.4) is 0 Å². The topological polar surface area (TPSA) is 73.2 Å². The molecule has 90 valence electrons. The normalized spacial score (nSPS) is 24.2. The molecule has 1 aliphatic heterocycles. The van der Waals surface area contributed by atoms with Gasteiger partial charge in [0.15, 0.2) is 0 Å². The van der Waals surface area contributed by atoms with Gasteiger partial charge in [0.1, 0.15) is 0 Å². The monoisotopic (exact) mass is 243 g/mol. The fourth-order valence-corrected chi connectivity index (χ4v) is 3.67. The van der Waals surface area contributed by atoms with Gasteiger partial charge in [-0.05, 0) is 25.7 Å². The Hall–Kier alpha value is -0.640. The lowest BCUT2D eigenvalue weighted by molar-refractivity contribution is 0.229. The highest BCUT2D eigenvalue weighted by Gasteiger charge is 2.37. The standard InChI is InChI=1S/C10H17N3O2S/c11-5-8-13-6-3-9(4-7-13)12-16(14,15)10-1-2-10/h9-10,12H,1-4,6-8H2. The third kappa shape index (κ3) is 2.94. The minimum atomic E-state index is -3.05. The molecular weight excluding hydrogens is 226 g/mol. The van der Waals surface area contributed by atoms with Crippen molar-refractivity contribution in [3.05, 3.63) is 0 Å². The third-order valence-electron chi connectivity index (χ3n) is 3.18. The second-order valence-electron chi connectivity index (χ2n) is 4.57. The van der Waals surface area contributed by atoms with E-state index in [9.17, 15) is 8.42 Å². The van der Waals surface area contributed by atoms with Crippen LogP contribution in [0.2, 0.25) is 0 Å². The first kappa shape index (κ1) is 11.8. The Morgan fingerprint density at radius 1 is 1.25 bits per heavy atom. The quantitative estimate of drug-likeness (QED) is 0.708. The maximum Gasteiger partial charge on any atom is 0.214 e. The lowest BCUT2D eigenvalue weighted by Gasteiger charge is -2.30. The first-order chi connectivity index (χ1) is 7.62. The highest BCUT2D eigenvalue weighted by molar-refractivity contribution is 7.90. The molecule has 2 aliphatic rings. The number of hydrogen-bond acceptors (Lipinski definition) is 4. The summed E-state index contributed by atoms with van der Waals surface area (Å²) in [4.78, 5) is 2.06. The Morgan fingerprint density at radius 3 is 2.38 bits per heavy atom. The molecule has 0 bridgehead atoms. The fourth-order valence-electron chi connectivity index (χ4n) is 2.02. The lowest BCUT2D eigenvalue weighted by atomic mass is 10.1. The number of nitrogens with one attached hydrogen (secondary N) is 1. The van der Waals surface area contributed by atoms with Crippen molar-refractivity contribution < 1.29 is 8.42 Å². The van der Waals surface area contributed by atoms with Gasteiger partial charge in [-0.3, -0.25) is 4.90 Å². The number of rotatable bonds is 4. The van der Waals surface area contributed by atoms with Crippen molar-refractivity contribution in [3.63, 3.8) is 0 Å². The molecule has 0 radical (unpaired) electrons. The van der Waals surface area contributed by atoms with Crippen molar-refractivity contribution in [2.75, 3.05) is 19.6 Å². The van der Waals surface area contributed by atoms with Gasteiger partial charge in [-0.25, -0.2) is 13.1 Å². The minimum absolute atomic E-state index is 0.0699. The Balaban J connectivity index is 1.79. The van der Waals surface area contributed by atoms with Gasteiger partial charge in [0.25, 0.3) is 0 Å². The zero-order chi connectivity index (χ0) is 11.6. The van der Waals surface area contributed by atoms with Gasteiger partial charge in [0.2, 0.25) is 10.0 Å². The molecule has 1 saturated heterocycles. The zero-order valence-corrected chi connectivity index (χ0v) is 10.0. The van der Waals surface area contributed by atoms with E-state index >= 15 is 0 Å². The van der Waals surface area contributed by atoms with Crippen LogP contribution in [0.15, 0.2) is 0 Å². The number of nitrogens with zero attached hydrogens (tertiary/aromatic N) is 2. The molecule has 0 aromatic carbocycles. The predicted octanol–water partition coefficient (Wildman–Crippen LogP) is 0.0562. The summed E-state index contributed by atoms with van der Waals surface area (Å²) >= 11 is 0. The highest BCUT2D eigenvalue weighted by Crippen LogP contribution is 2.28. The number of likely N-dealkylation sites (tertiary alicyclic amines) is 1. The average molecular weight is 243 g/mol. The molecule has 0 spiro atoms. The molecule has 5 nitrogen and oxygen atoms in total. The summed E-state index contributed by atoms with van der Waals surface area (Å²) in [5.74, 6) is 0. The van der Waals surface area contributed by atoms with E-state index in [4.69, 9.17) is 5.26 Å². The maximum atomic E-state index is 11.7. The van der Waals surface area contributed by atoms with Crippen LogP contribution in [0.5, 0.6) is 0 Å². The van der Waals surface area contributed by atoms with Crippen molar-refractivity contribution >= 4 is 10.0 Å². The molecule has 0 amide bonds. The van der Waals surface area contributed by atoms with E-state index < -0.39 is 10.0 Å². The summed E-state index contributed by atoms with van der Waals surface area (Å²) in [7, 11) is -3.05. The molecule has 2 fully saturated rings. The van der Waals surface area contributed by atoms with Crippen LogP contribution >= 0.6 is 0 Å². The van der Waals surface area contributed by atoms with Crippen molar-refractivity contribution in [2.45, 2.75) is 37.0 Å². The van der Waals surface area contributed by atoms with E-state index in [1.54, 1.807) is 0 Å². The smallest absolute Gasteiger partial charge is 0.214 e. The highest BCUT2D eigenvalue weighted by atomic mass is 32.2. The molecule has 0 atom stereocenters. The molecule has 0 aromatic rings. The first-order valence-corrected chi connectivity index (χ1v) is 7.27. The van der Waals surface area contributed by atoms with E-state index in [0.29, 0.717) is 6.54 Å². The van der Waals surface area contributed by atoms with Crippen LogP contribution in [0.4, 0.5) is 0 Å². The van der Waals surface area contributed by atoms with Gasteiger partial charge >= 0.3 is 0 Å². The van der Waals surface area contributed by atoms with Crippen molar-refractivity contribution in [2.24, 2.45) is 0 Å². The molecule has 1 heterocycles. The average Bonchev–Trinajstić information content (AvgIpc) is 3.04. The molecule has 1 saturated carbocycles. The van der Waals surface area contributed by atoms with Crippen molar-refractivity contribution in [3.8, 4) is 6.07 Å². The Morgan fingerprint density at radius 2 is 1.88 bits per heavy atom. The molecule has 6 heteroatoms. The summed E-state index contributed by atoms with van der Waals surface area (Å²) in [5.41, 5.74) is 0. The van der Waals surface area contributed by atoms with Crippen molar-refractivity contribution in [1.82, 2.24) is 9.62 Å². The SMILES string of the molecule is N#CCN1CCC(NS(=O)(=O)C2CC2)CC1. The van der Waals surface area contributed by atoms with Crippen LogP contribution in [-0.2, 0) is 10.0 Å². The van der Waals surface area contributed by atoms with E-state index in [1.165, 1.54) is 0 Å². The van der Waals surface area contributed by atoms with Crippen LogP contribution in [0.25, 0.3) is 0 Å². The largest absolute Gasteiger partial charge is 0.290 e. The summed E-state index contributed by atoms with van der Waals surface area (Å²) < 4.78 is 26.2. The molecular formula is C10H17N3O2S. The van der Waals surface area contributed by atoms with Gasteiger partial charge in [-0.15, -0.1) is 0 Å². The van der Waals surface area contributed by atoms with Gasteiger partial charge in [-0.1, -0.05) is 0 Å². The summed E-state index contributed by atoms with van der Waals surface area (Å²) in [6.45, 7) is 2.07. The lowest BCUT2D eigenvalue weighted by Crippen LogP contribution is -2.45. The number of nitriles is 1. The minimum Gasteiger partial charge on any atom is -0.290 e. The van der Waals surface area contributed by atoms with Gasteiger partial charge in [0, 0.05) is 19.1 Å². The Bertz CT molecular complexity index is 375. The second kappa shape index (κ2) is 4.70. The number of sulfonamides is 1. The molecule has 0 aromatic heterocycles. The van der Waals surface area contributed by atoms with E-state index in [1.807, 2.05) is 0 Å². The van der Waals surface area contributed by atoms with E-state index in [0.717, 1.165) is 38.8 Å². The van der Waals surface area contributed by atoms with Crippen molar-refractivity contribution in [1.29, 1.82) is 5.26 Å². The maximum absolute atomic E-state index is 11.7. The zero-order valence-electron chi connectivity index (χ0n) is 9.22. The Kier molecular flexibility index (Phi) is 3.47. The first-order valence-electron chi connectivity index (χ1n) is 5.72. The second-order valence-corrected chi connectivity index (χ2v) is 6.56. The van der Waals surface area contributed by atoms with Gasteiger partial charge < -0.3 is 0 Å². The molecule has 1 N–H and O–H groups in total. The third-order valence-corrected chi connectivity index (χ3v) is 5.19. The summed E-state index contributed by atoms with van der Waals surface area (Å²) in [6, 6.07) is 2.19. The van der Waals surface area contributed by atoms with Gasteiger partial charge in [0.05, 0.1) is 17.9 Å².